The molecule has 2 N–H and O–H groups in total. The Balaban J connectivity index is 1.59. The van der Waals surface area contributed by atoms with Crippen molar-refractivity contribution in [2.75, 3.05) is 51.9 Å². The molecule has 0 spiro atoms. The smallest absolute Gasteiger partial charge is 0.324 e. The first-order valence-corrected chi connectivity index (χ1v) is 10.3. The van der Waals surface area contributed by atoms with Crippen molar-refractivity contribution in [3.05, 3.63) is 10.7 Å². The van der Waals surface area contributed by atoms with Crippen LogP contribution in [0.4, 0.5) is 10.7 Å². The van der Waals surface area contributed by atoms with Gasteiger partial charge in [-0.05, 0) is 43.6 Å². The zero-order valence-corrected chi connectivity index (χ0v) is 16.6. The van der Waals surface area contributed by atoms with E-state index in [1.807, 2.05) is 0 Å². The molecule has 0 unspecified atom stereocenters. The number of hydrogen-bond acceptors (Lipinski definition) is 5. The number of aromatic amines is 1. The van der Waals surface area contributed by atoms with Crippen LogP contribution >= 0.6 is 0 Å². The van der Waals surface area contributed by atoms with Gasteiger partial charge in [-0.25, -0.2) is 9.78 Å². The van der Waals surface area contributed by atoms with Crippen LogP contribution in [0.3, 0.4) is 0 Å². The Morgan fingerprint density at radius 1 is 1.14 bits per heavy atom. The van der Waals surface area contributed by atoms with Gasteiger partial charge < -0.3 is 24.1 Å². The lowest BCUT2D eigenvalue weighted by atomic mass is 9.86. The van der Waals surface area contributed by atoms with Crippen molar-refractivity contribution in [1.29, 1.82) is 0 Å². The van der Waals surface area contributed by atoms with E-state index in [0.29, 0.717) is 25.0 Å². The van der Waals surface area contributed by atoms with E-state index in [0.717, 1.165) is 81.3 Å². The molecule has 2 amide bonds. The summed E-state index contributed by atoms with van der Waals surface area (Å²) in [6.07, 6.45) is 5.79. The third kappa shape index (κ3) is 4.17. The van der Waals surface area contributed by atoms with E-state index in [4.69, 9.17) is 19.2 Å². The molecule has 0 aromatic carbocycles. The lowest BCUT2D eigenvalue weighted by molar-refractivity contribution is 0.0797. The van der Waals surface area contributed by atoms with Crippen LogP contribution < -0.4 is 16.0 Å². The molecule has 4 rings (SSSR count). The summed E-state index contributed by atoms with van der Waals surface area (Å²) < 4.78 is 16.6. The summed E-state index contributed by atoms with van der Waals surface area (Å²) in [5, 5.41) is 4.79. The number of nitrogens with one attached hydrogen (secondary N) is 2. The summed E-state index contributed by atoms with van der Waals surface area (Å²) in [4.78, 5) is 22.6. The fourth-order valence-corrected chi connectivity index (χ4v) is 4.28. The first kappa shape index (κ1) is 19.3. The first-order valence-electron chi connectivity index (χ1n) is 10.3. The van der Waals surface area contributed by atoms with Crippen molar-refractivity contribution in [3.8, 4) is 0 Å². The van der Waals surface area contributed by atoms with E-state index in [9.17, 15) is 4.79 Å². The van der Waals surface area contributed by atoms with Crippen molar-refractivity contribution in [1.82, 2.24) is 14.9 Å². The Hall–Kier alpha value is -2.06. The lowest BCUT2D eigenvalue weighted by Crippen LogP contribution is -2.39. The molecule has 3 heterocycles. The molecule has 3 aliphatic rings. The van der Waals surface area contributed by atoms with Gasteiger partial charge in [0.1, 0.15) is 11.1 Å². The fraction of sp³-hybridized carbons (Fsp3) is 0.700. The van der Waals surface area contributed by atoms with Crippen molar-refractivity contribution in [2.45, 2.75) is 38.5 Å². The van der Waals surface area contributed by atoms with Gasteiger partial charge in [0, 0.05) is 39.3 Å². The van der Waals surface area contributed by atoms with Crippen molar-refractivity contribution < 1.29 is 19.0 Å². The quantitative estimate of drug-likeness (QED) is 0.809. The molecule has 2 fully saturated rings. The van der Waals surface area contributed by atoms with E-state index in [-0.39, 0.29) is 6.03 Å². The van der Waals surface area contributed by atoms with Gasteiger partial charge in [0.2, 0.25) is 5.95 Å². The molecule has 154 valence electrons. The molecule has 1 aromatic rings. The largest absolute Gasteiger partial charge is 0.499 e. The number of amides is 2. The number of imidazole rings is 1. The Labute approximate surface area is 164 Å². The Kier molecular flexibility index (Phi) is 6.17. The number of anilines is 1. The highest BCUT2D eigenvalue weighted by Gasteiger charge is 2.25. The van der Waals surface area contributed by atoms with Gasteiger partial charge in [0.05, 0.1) is 19.1 Å². The van der Waals surface area contributed by atoms with E-state index in [2.05, 4.69) is 10.3 Å². The number of fused-ring (bicyclic) bond motifs is 1. The number of carbonyl (C=O) groups is 1. The molecule has 8 nitrogen and oxygen atoms in total. The second-order valence-electron chi connectivity index (χ2n) is 7.58. The molecule has 1 aromatic heterocycles. The second kappa shape index (κ2) is 8.96. The Morgan fingerprint density at radius 2 is 1.96 bits per heavy atom. The minimum absolute atomic E-state index is 0.136. The van der Waals surface area contributed by atoms with Crippen LogP contribution in [0.5, 0.6) is 0 Å². The highest BCUT2D eigenvalue weighted by atomic mass is 16.5. The molecular formula is C20H30N4O4. The van der Waals surface area contributed by atoms with Gasteiger partial charge >= 0.3 is 6.03 Å². The number of hydrogen-bond donors (Lipinski definition) is 2. The summed E-state index contributed by atoms with van der Waals surface area (Å²) in [5.74, 6) is 1.88. The SMILES string of the molecule is COC1=c2[nH]c(NC(=O)N3CCCCOCC3)nc2=C(C2CCOCC2)CC1. The number of H-pyrrole nitrogens is 1. The topological polar surface area (TPSA) is 88.7 Å². The molecule has 1 aliphatic carbocycles. The minimum atomic E-state index is -0.136. The highest BCUT2D eigenvalue weighted by molar-refractivity contribution is 5.87. The third-order valence-electron chi connectivity index (χ3n) is 5.85. The van der Waals surface area contributed by atoms with E-state index in [1.165, 1.54) is 5.57 Å². The van der Waals surface area contributed by atoms with Crippen LogP contribution in [0.25, 0.3) is 11.3 Å². The second-order valence-corrected chi connectivity index (χ2v) is 7.58. The standard InChI is InChI=1S/C20H30N4O4/c1-26-16-5-4-15(14-6-11-28-12-7-14)17-18(16)22-19(21-17)23-20(25)24-8-2-3-10-27-13-9-24/h14H,2-13H2,1H3,(H2,21,22,23,25). The fourth-order valence-electron chi connectivity index (χ4n) is 4.28. The molecule has 0 saturated carbocycles. The van der Waals surface area contributed by atoms with Crippen molar-refractivity contribution >= 4 is 23.3 Å². The number of ether oxygens (including phenoxy) is 3. The zero-order chi connectivity index (χ0) is 19.3. The number of aromatic nitrogens is 2. The molecule has 2 aliphatic heterocycles. The lowest BCUT2D eigenvalue weighted by Gasteiger charge is -2.26. The highest BCUT2D eigenvalue weighted by Crippen LogP contribution is 2.29. The summed E-state index contributed by atoms with van der Waals surface area (Å²) >= 11 is 0. The van der Waals surface area contributed by atoms with Gasteiger partial charge in [-0.1, -0.05) is 0 Å². The first-order chi connectivity index (χ1) is 13.8. The predicted octanol–water partition coefficient (Wildman–Crippen LogP) is 1.18. The number of rotatable bonds is 3. The summed E-state index contributed by atoms with van der Waals surface area (Å²) in [6.45, 7) is 4.29. The Morgan fingerprint density at radius 3 is 2.79 bits per heavy atom. The average Bonchev–Trinajstić information content (AvgIpc) is 3.11. The molecule has 2 saturated heterocycles. The number of urea groups is 1. The third-order valence-corrected chi connectivity index (χ3v) is 5.85. The van der Waals surface area contributed by atoms with Gasteiger partial charge in [-0.15, -0.1) is 0 Å². The molecule has 0 atom stereocenters. The van der Waals surface area contributed by atoms with Crippen LogP contribution in [0.1, 0.15) is 38.5 Å². The molecule has 0 radical (unpaired) electrons. The molecule has 28 heavy (non-hydrogen) atoms. The van der Waals surface area contributed by atoms with E-state index in [1.54, 1.807) is 12.0 Å². The summed E-state index contributed by atoms with van der Waals surface area (Å²) in [5.41, 5.74) is 1.36. The van der Waals surface area contributed by atoms with Crippen LogP contribution in [0.2, 0.25) is 0 Å². The van der Waals surface area contributed by atoms with Crippen molar-refractivity contribution in [3.63, 3.8) is 0 Å². The summed E-state index contributed by atoms with van der Waals surface area (Å²) in [6, 6.07) is -0.136. The van der Waals surface area contributed by atoms with Crippen LogP contribution in [0.15, 0.2) is 0 Å². The van der Waals surface area contributed by atoms with Crippen LogP contribution in [-0.2, 0) is 14.2 Å². The molecule has 0 bridgehead atoms. The van der Waals surface area contributed by atoms with Crippen LogP contribution in [0, 0.1) is 5.92 Å². The van der Waals surface area contributed by atoms with E-state index < -0.39 is 0 Å². The van der Waals surface area contributed by atoms with Crippen molar-refractivity contribution in [2.24, 2.45) is 5.92 Å². The maximum Gasteiger partial charge on any atom is 0.324 e. The minimum Gasteiger partial charge on any atom is -0.499 e. The molecule has 8 heteroatoms. The monoisotopic (exact) mass is 390 g/mol. The predicted molar refractivity (Wildman–Crippen MR) is 105 cm³/mol. The zero-order valence-electron chi connectivity index (χ0n) is 16.6. The summed E-state index contributed by atoms with van der Waals surface area (Å²) in [7, 11) is 1.69. The molecular weight excluding hydrogens is 360 g/mol. The average molecular weight is 390 g/mol. The maximum absolute atomic E-state index is 12.7. The Bertz CT molecular complexity index is 805. The van der Waals surface area contributed by atoms with Gasteiger partial charge in [0.25, 0.3) is 0 Å². The van der Waals surface area contributed by atoms with Crippen LogP contribution in [-0.4, -0.2) is 67.5 Å². The van der Waals surface area contributed by atoms with Gasteiger partial charge in [0.15, 0.2) is 0 Å². The maximum atomic E-state index is 12.7. The number of methoxy groups -OCH3 is 1. The van der Waals surface area contributed by atoms with E-state index >= 15 is 0 Å². The normalized spacial score (nSPS) is 21.7. The number of nitrogens with zero attached hydrogens (tertiary/aromatic N) is 2. The van der Waals surface area contributed by atoms with Gasteiger partial charge in [-0.2, -0.15) is 0 Å². The number of carbonyl (C=O) groups excluding carboxylic acids is 1. The van der Waals surface area contributed by atoms with Gasteiger partial charge in [-0.3, -0.25) is 5.32 Å².